The second kappa shape index (κ2) is 7.19. The molecular weight excluding hydrogens is 226 g/mol. The summed E-state index contributed by atoms with van der Waals surface area (Å²) in [7, 11) is 0. The van der Waals surface area contributed by atoms with Gasteiger partial charge in [-0.25, -0.2) is 4.98 Å². The fourth-order valence-corrected chi connectivity index (χ4v) is 1.41. The summed E-state index contributed by atoms with van der Waals surface area (Å²) in [5, 5.41) is 3.37. The summed E-state index contributed by atoms with van der Waals surface area (Å²) in [5.74, 6) is 2.65. The first-order valence-electron chi connectivity index (χ1n) is 6.85. The number of hydrogen-bond donors (Lipinski definition) is 1. The fourth-order valence-electron chi connectivity index (χ4n) is 1.41. The third kappa shape index (κ3) is 4.51. The van der Waals surface area contributed by atoms with Crippen LogP contribution in [0.1, 0.15) is 59.2 Å². The van der Waals surface area contributed by atoms with Crippen molar-refractivity contribution in [2.24, 2.45) is 0 Å². The minimum absolute atomic E-state index is 0.299. The first kappa shape index (κ1) is 14.7. The summed E-state index contributed by atoms with van der Waals surface area (Å²) in [5.41, 5.74) is 0. The number of nitrogens with one attached hydrogen (secondary N) is 1. The zero-order chi connectivity index (χ0) is 13.5. The highest BCUT2D eigenvalue weighted by molar-refractivity contribution is 5.39. The molecule has 102 valence electrons. The van der Waals surface area contributed by atoms with Crippen LogP contribution in [0, 0.1) is 0 Å². The zero-order valence-corrected chi connectivity index (χ0v) is 12.2. The van der Waals surface area contributed by atoms with Crippen LogP contribution in [0.25, 0.3) is 0 Å². The predicted octanol–water partition coefficient (Wildman–Crippen LogP) is 3.60. The van der Waals surface area contributed by atoms with E-state index in [-0.39, 0.29) is 0 Å². The van der Waals surface area contributed by atoms with E-state index in [2.05, 4.69) is 49.9 Å². The summed E-state index contributed by atoms with van der Waals surface area (Å²) in [4.78, 5) is 8.96. The van der Waals surface area contributed by atoms with E-state index in [4.69, 9.17) is 4.74 Å². The summed E-state index contributed by atoms with van der Waals surface area (Å²) in [6, 6.07) is 2.28. The molecule has 18 heavy (non-hydrogen) atoms. The number of hydrogen-bond acceptors (Lipinski definition) is 4. The van der Waals surface area contributed by atoms with E-state index in [1.807, 2.05) is 6.07 Å². The highest BCUT2D eigenvalue weighted by Crippen LogP contribution is 2.19. The van der Waals surface area contributed by atoms with Crippen molar-refractivity contribution in [3.63, 3.8) is 0 Å². The molecule has 1 atom stereocenters. The minimum atomic E-state index is 0.299. The van der Waals surface area contributed by atoms with Gasteiger partial charge in [-0.3, -0.25) is 0 Å². The van der Waals surface area contributed by atoms with Crippen molar-refractivity contribution in [3.8, 4) is 5.88 Å². The van der Waals surface area contributed by atoms with Crippen molar-refractivity contribution in [2.45, 2.75) is 59.4 Å². The molecule has 1 heterocycles. The number of ether oxygens (including phenoxy) is 1. The van der Waals surface area contributed by atoms with Crippen LogP contribution < -0.4 is 10.1 Å². The van der Waals surface area contributed by atoms with E-state index in [9.17, 15) is 0 Å². The minimum Gasteiger partial charge on any atom is -0.478 e. The summed E-state index contributed by atoms with van der Waals surface area (Å²) < 4.78 is 5.61. The van der Waals surface area contributed by atoms with E-state index in [1.54, 1.807) is 0 Å². The third-order valence-corrected chi connectivity index (χ3v) is 2.70. The van der Waals surface area contributed by atoms with Crippen LogP contribution in [0.4, 0.5) is 5.82 Å². The van der Waals surface area contributed by atoms with Crippen LogP contribution >= 0.6 is 0 Å². The average molecular weight is 251 g/mol. The number of rotatable bonds is 7. The number of nitrogens with zero attached hydrogens (tertiary/aromatic N) is 2. The number of anilines is 1. The SMILES string of the molecule is CCCOc1cc(NC(C)CC)nc(C(C)C)n1. The predicted molar refractivity (Wildman–Crippen MR) is 75.3 cm³/mol. The molecule has 0 aliphatic rings. The van der Waals surface area contributed by atoms with Gasteiger partial charge in [0.15, 0.2) is 0 Å². The molecule has 0 fully saturated rings. The lowest BCUT2D eigenvalue weighted by Gasteiger charge is -2.15. The van der Waals surface area contributed by atoms with E-state index >= 15 is 0 Å². The van der Waals surface area contributed by atoms with E-state index in [0.717, 1.165) is 24.5 Å². The van der Waals surface area contributed by atoms with Crippen molar-refractivity contribution in [2.75, 3.05) is 11.9 Å². The molecule has 0 saturated heterocycles. The van der Waals surface area contributed by atoms with Crippen molar-refractivity contribution in [3.05, 3.63) is 11.9 Å². The van der Waals surface area contributed by atoms with Gasteiger partial charge in [-0.05, 0) is 19.8 Å². The first-order valence-corrected chi connectivity index (χ1v) is 6.85. The molecule has 1 rings (SSSR count). The van der Waals surface area contributed by atoms with Gasteiger partial charge >= 0.3 is 0 Å². The summed E-state index contributed by atoms with van der Waals surface area (Å²) in [6.45, 7) is 11.2. The van der Waals surface area contributed by atoms with E-state index < -0.39 is 0 Å². The maximum atomic E-state index is 5.61. The van der Waals surface area contributed by atoms with Crippen molar-refractivity contribution in [1.82, 2.24) is 9.97 Å². The van der Waals surface area contributed by atoms with Crippen LogP contribution in [0.15, 0.2) is 6.07 Å². The Morgan fingerprint density at radius 2 is 1.94 bits per heavy atom. The molecule has 0 bridgehead atoms. The molecule has 0 amide bonds. The van der Waals surface area contributed by atoms with Gasteiger partial charge in [-0.15, -0.1) is 0 Å². The topological polar surface area (TPSA) is 47.0 Å². The Morgan fingerprint density at radius 1 is 1.22 bits per heavy atom. The molecule has 1 aromatic rings. The Bertz CT molecular complexity index is 366. The quantitative estimate of drug-likeness (QED) is 0.804. The molecule has 0 saturated carbocycles. The highest BCUT2D eigenvalue weighted by Gasteiger charge is 2.10. The second-order valence-corrected chi connectivity index (χ2v) is 4.91. The zero-order valence-electron chi connectivity index (χ0n) is 12.2. The van der Waals surface area contributed by atoms with Gasteiger partial charge in [0.25, 0.3) is 0 Å². The molecule has 0 aliphatic heterocycles. The van der Waals surface area contributed by atoms with Gasteiger partial charge in [0.2, 0.25) is 5.88 Å². The Morgan fingerprint density at radius 3 is 2.50 bits per heavy atom. The number of aromatic nitrogens is 2. The Labute approximate surface area is 110 Å². The van der Waals surface area contributed by atoms with Crippen LogP contribution in [0.3, 0.4) is 0 Å². The van der Waals surface area contributed by atoms with Gasteiger partial charge in [-0.2, -0.15) is 4.98 Å². The van der Waals surface area contributed by atoms with E-state index in [0.29, 0.717) is 24.4 Å². The third-order valence-electron chi connectivity index (χ3n) is 2.70. The molecule has 1 unspecified atom stereocenters. The lowest BCUT2D eigenvalue weighted by molar-refractivity contribution is 0.303. The van der Waals surface area contributed by atoms with Crippen LogP contribution in [0.2, 0.25) is 0 Å². The van der Waals surface area contributed by atoms with Crippen LogP contribution in [0.5, 0.6) is 5.88 Å². The Kier molecular flexibility index (Phi) is 5.89. The molecule has 4 heteroatoms. The van der Waals surface area contributed by atoms with Gasteiger partial charge in [0.1, 0.15) is 11.6 Å². The maximum Gasteiger partial charge on any atom is 0.218 e. The smallest absolute Gasteiger partial charge is 0.218 e. The molecule has 0 aliphatic carbocycles. The van der Waals surface area contributed by atoms with Crippen molar-refractivity contribution < 1.29 is 4.74 Å². The van der Waals surface area contributed by atoms with Gasteiger partial charge < -0.3 is 10.1 Å². The average Bonchev–Trinajstić information content (AvgIpc) is 2.35. The van der Waals surface area contributed by atoms with Crippen molar-refractivity contribution >= 4 is 5.82 Å². The van der Waals surface area contributed by atoms with Gasteiger partial charge in [0.05, 0.1) is 6.61 Å². The standard InChI is InChI=1S/C14H25N3O/c1-6-8-18-13-9-12(15-11(5)7-2)16-14(17-13)10(3)4/h9-11H,6-8H2,1-5H3,(H,15,16,17). The fraction of sp³-hybridized carbons (Fsp3) is 0.714. The van der Waals surface area contributed by atoms with E-state index in [1.165, 1.54) is 0 Å². The molecule has 1 aromatic heterocycles. The van der Waals surface area contributed by atoms with Gasteiger partial charge in [0, 0.05) is 18.0 Å². The second-order valence-electron chi connectivity index (χ2n) is 4.91. The lowest BCUT2D eigenvalue weighted by Crippen LogP contribution is -2.16. The Balaban J connectivity index is 2.90. The van der Waals surface area contributed by atoms with Crippen LogP contribution in [-0.4, -0.2) is 22.6 Å². The largest absolute Gasteiger partial charge is 0.478 e. The lowest BCUT2D eigenvalue weighted by atomic mass is 10.2. The molecule has 0 spiro atoms. The Hall–Kier alpha value is -1.32. The molecule has 0 aromatic carbocycles. The summed E-state index contributed by atoms with van der Waals surface area (Å²) >= 11 is 0. The highest BCUT2D eigenvalue weighted by atomic mass is 16.5. The summed E-state index contributed by atoms with van der Waals surface area (Å²) in [6.07, 6.45) is 2.04. The monoisotopic (exact) mass is 251 g/mol. The first-order chi connectivity index (χ1) is 8.56. The molecule has 1 N–H and O–H groups in total. The van der Waals surface area contributed by atoms with Crippen molar-refractivity contribution in [1.29, 1.82) is 0 Å². The maximum absolute atomic E-state index is 5.61. The van der Waals surface area contributed by atoms with Crippen LogP contribution in [-0.2, 0) is 0 Å². The molecule has 4 nitrogen and oxygen atoms in total. The molecular formula is C14H25N3O. The van der Waals surface area contributed by atoms with Gasteiger partial charge in [-0.1, -0.05) is 27.7 Å². The normalized spacial score (nSPS) is 12.6. The molecule has 0 radical (unpaired) electrons.